The molecule has 0 N–H and O–H groups in total. The highest BCUT2D eigenvalue weighted by atomic mass is 32.2. The third-order valence-corrected chi connectivity index (χ3v) is 6.33. The highest BCUT2D eigenvalue weighted by molar-refractivity contribution is 7.99. The van der Waals surface area contributed by atoms with E-state index in [1.165, 1.54) is 22.4 Å². The van der Waals surface area contributed by atoms with Crippen LogP contribution in [0, 0.1) is 0 Å². The first-order chi connectivity index (χ1) is 12.2. The molecule has 2 aromatic rings. The fourth-order valence-corrected chi connectivity index (χ4v) is 5.02. The van der Waals surface area contributed by atoms with E-state index in [9.17, 15) is 4.79 Å². The predicted octanol–water partition coefficient (Wildman–Crippen LogP) is 4.13. The highest BCUT2D eigenvalue weighted by Crippen LogP contribution is 2.36. The van der Waals surface area contributed by atoms with E-state index in [1.54, 1.807) is 0 Å². The number of carbonyl (C=O) groups is 1. The number of aryl methyl sites for hydroxylation is 1. The molecule has 1 atom stereocenters. The maximum atomic E-state index is 13.0. The Bertz CT molecular complexity index is 776. The average Bonchev–Trinajstić information content (AvgIpc) is 2.67. The Labute approximate surface area is 154 Å². The van der Waals surface area contributed by atoms with Gasteiger partial charge in [-0.3, -0.25) is 9.69 Å². The van der Waals surface area contributed by atoms with E-state index in [-0.39, 0.29) is 5.91 Å². The van der Waals surface area contributed by atoms with E-state index in [0.29, 0.717) is 12.6 Å². The van der Waals surface area contributed by atoms with Gasteiger partial charge < -0.3 is 4.90 Å². The third-order valence-electron chi connectivity index (χ3n) is 5.28. The van der Waals surface area contributed by atoms with Gasteiger partial charge in [0.15, 0.2) is 0 Å². The van der Waals surface area contributed by atoms with E-state index >= 15 is 0 Å². The van der Waals surface area contributed by atoms with Crippen LogP contribution in [0.2, 0.25) is 0 Å². The zero-order valence-electron chi connectivity index (χ0n) is 14.6. The topological polar surface area (TPSA) is 23.6 Å². The minimum atomic E-state index is 0.207. The molecule has 25 heavy (non-hydrogen) atoms. The number of rotatable bonds is 3. The van der Waals surface area contributed by atoms with Gasteiger partial charge in [-0.15, -0.1) is 11.8 Å². The third kappa shape index (κ3) is 3.33. The van der Waals surface area contributed by atoms with Crippen LogP contribution in [-0.4, -0.2) is 36.7 Å². The lowest BCUT2D eigenvalue weighted by atomic mass is 9.87. The van der Waals surface area contributed by atoms with Crippen LogP contribution >= 0.6 is 11.8 Å². The van der Waals surface area contributed by atoms with Crippen LogP contribution < -0.4 is 4.90 Å². The molecule has 1 amide bonds. The number of carbonyl (C=O) groups excluding carboxylic acids is 1. The van der Waals surface area contributed by atoms with Crippen LogP contribution in [-0.2, 0) is 11.2 Å². The Hall–Kier alpha value is -1.78. The number of amides is 1. The molecule has 0 unspecified atom stereocenters. The minimum Gasteiger partial charge on any atom is -0.309 e. The van der Waals surface area contributed by atoms with E-state index in [0.717, 1.165) is 30.8 Å². The predicted molar refractivity (Wildman–Crippen MR) is 104 cm³/mol. The van der Waals surface area contributed by atoms with Crippen molar-refractivity contribution in [2.75, 3.05) is 30.8 Å². The molecule has 4 rings (SSSR count). The quantitative estimate of drug-likeness (QED) is 0.830. The Morgan fingerprint density at radius 3 is 2.92 bits per heavy atom. The Kier molecular flexibility index (Phi) is 4.82. The molecule has 0 aromatic heterocycles. The second kappa shape index (κ2) is 7.22. The molecule has 1 aliphatic heterocycles. The summed E-state index contributed by atoms with van der Waals surface area (Å²) in [5.41, 5.74) is 3.91. The molecule has 1 heterocycles. The Balaban J connectivity index is 1.51. The van der Waals surface area contributed by atoms with Crippen molar-refractivity contribution in [3.8, 4) is 0 Å². The largest absolute Gasteiger partial charge is 0.309 e. The van der Waals surface area contributed by atoms with Crippen molar-refractivity contribution in [1.29, 1.82) is 0 Å². The van der Waals surface area contributed by atoms with Crippen molar-refractivity contribution in [2.24, 2.45) is 0 Å². The first-order valence-electron chi connectivity index (χ1n) is 9.04. The minimum absolute atomic E-state index is 0.207. The molecule has 3 nitrogen and oxygen atoms in total. The molecular formula is C21H24N2OS. The van der Waals surface area contributed by atoms with Crippen molar-refractivity contribution >= 4 is 23.4 Å². The standard InChI is InChI=1S/C21H24N2OS/c1-22(18-11-6-8-16-7-2-3-9-17(16)18)15-21(24)23-13-14-25-20-12-5-4-10-19(20)23/h2-5,7,9-10,12,18H,6,8,11,13-15H2,1H3/t18-/m1/s1. The number of anilines is 1. The first-order valence-corrected chi connectivity index (χ1v) is 10.0. The zero-order chi connectivity index (χ0) is 17.2. The molecule has 2 aliphatic rings. The average molecular weight is 353 g/mol. The lowest BCUT2D eigenvalue weighted by Crippen LogP contribution is -2.43. The number of fused-ring (bicyclic) bond motifs is 2. The second-order valence-corrected chi connectivity index (χ2v) is 8.02. The molecule has 0 bridgehead atoms. The lowest BCUT2D eigenvalue weighted by molar-refractivity contribution is -0.120. The number of likely N-dealkylation sites (N-methyl/N-ethyl adjacent to an activating group) is 1. The SMILES string of the molecule is CN(CC(=O)N1CCSc2ccccc21)[C@@H]1CCCc2ccccc21. The van der Waals surface area contributed by atoms with Gasteiger partial charge in [-0.1, -0.05) is 36.4 Å². The van der Waals surface area contributed by atoms with Gasteiger partial charge in [0.2, 0.25) is 5.91 Å². The summed E-state index contributed by atoms with van der Waals surface area (Å²) in [6.07, 6.45) is 3.49. The van der Waals surface area contributed by atoms with E-state index in [4.69, 9.17) is 0 Å². The molecule has 0 spiro atoms. The Morgan fingerprint density at radius 1 is 1.20 bits per heavy atom. The van der Waals surface area contributed by atoms with Gasteiger partial charge in [0.05, 0.1) is 12.2 Å². The van der Waals surface area contributed by atoms with Gasteiger partial charge >= 0.3 is 0 Å². The van der Waals surface area contributed by atoms with Crippen LogP contribution in [0.5, 0.6) is 0 Å². The van der Waals surface area contributed by atoms with E-state index < -0.39 is 0 Å². The van der Waals surface area contributed by atoms with Crippen LogP contribution in [0.4, 0.5) is 5.69 Å². The van der Waals surface area contributed by atoms with Crippen LogP contribution in [0.15, 0.2) is 53.4 Å². The van der Waals surface area contributed by atoms with Crippen LogP contribution in [0.3, 0.4) is 0 Å². The monoisotopic (exact) mass is 352 g/mol. The summed E-state index contributed by atoms with van der Waals surface area (Å²) < 4.78 is 0. The molecule has 4 heteroatoms. The van der Waals surface area contributed by atoms with Gasteiger partial charge in [-0.05, 0) is 49.6 Å². The molecule has 2 aromatic carbocycles. The maximum Gasteiger partial charge on any atom is 0.241 e. The molecule has 130 valence electrons. The van der Waals surface area contributed by atoms with Crippen LogP contribution in [0.1, 0.15) is 30.0 Å². The van der Waals surface area contributed by atoms with Crippen molar-refractivity contribution in [3.63, 3.8) is 0 Å². The Morgan fingerprint density at radius 2 is 2.00 bits per heavy atom. The number of nitrogens with zero attached hydrogens (tertiary/aromatic N) is 2. The number of benzene rings is 2. The van der Waals surface area contributed by atoms with Crippen LogP contribution in [0.25, 0.3) is 0 Å². The summed E-state index contributed by atoms with van der Waals surface area (Å²) >= 11 is 1.84. The van der Waals surface area contributed by atoms with Crippen molar-refractivity contribution in [1.82, 2.24) is 4.90 Å². The number of thioether (sulfide) groups is 1. The van der Waals surface area contributed by atoms with E-state index in [1.807, 2.05) is 28.8 Å². The molecule has 0 fully saturated rings. The van der Waals surface area contributed by atoms with Crippen molar-refractivity contribution in [2.45, 2.75) is 30.2 Å². The lowest BCUT2D eigenvalue weighted by Gasteiger charge is -2.35. The molecule has 0 radical (unpaired) electrons. The molecule has 1 aliphatic carbocycles. The summed E-state index contributed by atoms with van der Waals surface area (Å²) in [7, 11) is 2.09. The van der Waals surface area contributed by atoms with Crippen molar-refractivity contribution < 1.29 is 4.79 Å². The number of hydrogen-bond donors (Lipinski definition) is 0. The van der Waals surface area contributed by atoms with E-state index in [2.05, 4.69) is 48.3 Å². The molecule has 0 saturated carbocycles. The van der Waals surface area contributed by atoms with Gasteiger partial charge in [-0.25, -0.2) is 0 Å². The van der Waals surface area contributed by atoms with Gasteiger partial charge in [0, 0.05) is 23.2 Å². The second-order valence-electron chi connectivity index (χ2n) is 6.88. The summed E-state index contributed by atoms with van der Waals surface area (Å²) in [6, 6.07) is 17.3. The molecular weight excluding hydrogens is 328 g/mol. The maximum absolute atomic E-state index is 13.0. The normalized spacial score (nSPS) is 19.4. The fraction of sp³-hybridized carbons (Fsp3) is 0.381. The smallest absolute Gasteiger partial charge is 0.241 e. The van der Waals surface area contributed by atoms with Gasteiger partial charge in [0.1, 0.15) is 0 Å². The van der Waals surface area contributed by atoms with Crippen molar-refractivity contribution in [3.05, 3.63) is 59.7 Å². The highest BCUT2D eigenvalue weighted by Gasteiger charge is 2.28. The summed E-state index contributed by atoms with van der Waals surface area (Å²) in [5.74, 6) is 1.18. The fourth-order valence-electron chi connectivity index (χ4n) is 4.02. The summed E-state index contributed by atoms with van der Waals surface area (Å²) in [6.45, 7) is 1.27. The zero-order valence-corrected chi connectivity index (χ0v) is 15.5. The molecule has 0 saturated heterocycles. The first kappa shape index (κ1) is 16.7. The number of hydrogen-bond acceptors (Lipinski definition) is 3. The number of para-hydroxylation sites is 1. The summed E-state index contributed by atoms with van der Waals surface area (Å²) in [4.78, 5) is 18.4. The van der Waals surface area contributed by atoms with Gasteiger partial charge in [-0.2, -0.15) is 0 Å². The summed E-state index contributed by atoms with van der Waals surface area (Å²) in [5, 5.41) is 0. The van der Waals surface area contributed by atoms with Gasteiger partial charge in [0.25, 0.3) is 0 Å².